The number of aliphatic hydroxyl groups is 1. The summed E-state index contributed by atoms with van der Waals surface area (Å²) in [7, 11) is 1.50. The second-order valence-electron chi connectivity index (χ2n) is 7.90. The molecule has 4 rings (SSSR count). The topological polar surface area (TPSA) is 66.8 Å². The summed E-state index contributed by atoms with van der Waals surface area (Å²) in [6, 6.07) is 18.9. The third kappa shape index (κ3) is 4.00. The summed E-state index contributed by atoms with van der Waals surface area (Å²) in [4.78, 5) is 27.9. The van der Waals surface area contributed by atoms with E-state index in [0.717, 1.165) is 23.1 Å². The number of hydrogen-bond donors (Lipinski definition) is 1. The molecule has 1 heterocycles. The monoisotopic (exact) mass is 461 g/mol. The van der Waals surface area contributed by atoms with Crippen molar-refractivity contribution in [2.75, 3.05) is 12.0 Å². The Morgan fingerprint density at radius 2 is 1.76 bits per heavy atom. The van der Waals surface area contributed by atoms with Gasteiger partial charge in [-0.2, -0.15) is 0 Å². The molecule has 1 aliphatic heterocycles. The number of benzene rings is 3. The quantitative estimate of drug-likeness (QED) is 0.294. The van der Waals surface area contributed by atoms with Crippen LogP contribution in [0, 0.1) is 6.92 Å². The number of ether oxygens (including phenoxy) is 1. The summed E-state index contributed by atoms with van der Waals surface area (Å²) < 4.78 is 5.23. The SMILES string of the molecule is CCc1ccc(/C(O)=C2\C(=O)C(=O)N(c3ccc(OC)c(Cl)c3)C2c2ccccc2C)cc1. The number of ketones is 1. The molecule has 5 nitrogen and oxygen atoms in total. The maximum atomic E-state index is 13.3. The molecule has 3 aromatic rings. The van der Waals surface area contributed by atoms with Crippen LogP contribution in [0.25, 0.3) is 5.76 Å². The summed E-state index contributed by atoms with van der Waals surface area (Å²) in [5, 5.41) is 11.5. The maximum Gasteiger partial charge on any atom is 0.300 e. The van der Waals surface area contributed by atoms with E-state index in [4.69, 9.17) is 16.3 Å². The Kier molecular flexibility index (Phi) is 6.25. The van der Waals surface area contributed by atoms with E-state index in [9.17, 15) is 14.7 Å². The second kappa shape index (κ2) is 9.12. The molecule has 0 aromatic heterocycles. The van der Waals surface area contributed by atoms with Crippen LogP contribution < -0.4 is 9.64 Å². The fourth-order valence-corrected chi connectivity index (χ4v) is 4.40. The average Bonchev–Trinajstić information content (AvgIpc) is 3.09. The fraction of sp³-hybridized carbons (Fsp3) is 0.185. The molecule has 1 atom stereocenters. The number of nitrogens with zero attached hydrogens (tertiary/aromatic N) is 1. The highest BCUT2D eigenvalue weighted by molar-refractivity contribution is 6.52. The predicted octanol–water partition coefficient (Wildman–Crippen LogP) is 5.85. The molecule has 6 heteroatoms. The normalized spacial score (nSPS) is 17.5. The number of aliphatic hydroxyl groups excluding tert-OH is 1. The minimum Gasteiger partial charge on any atom is -0.507 e. The van der Waals surface area contributed by atoms with E-state index in [0.29, 0.717) is 22.0 Å². The molecular formula is C27H24ClNO4. The van der Waals surface area contributed by atoms with Crippen molar-refractivity contribution >= 4 is 34.7 Å². The fourth-order valence-electron chi connectivity index (χ4n) is 4.15. The molecule has 3 aromatic carbocycles. The molecule has 33 heavy (non-hydrogen) atoms. The zero-order valence-corrected chi connectivity index (χ0v) is 19.4. The molecule has 0 bridgehead atoms. The number of halogens is 1. The number of methoxy groups -OCH3 is 1. The largest absolute Gasteiger partial charge is 0.507 e. The summed E-state index contributed by atoms with van der Waals surface area (Å²) >= 11 is 6.33. The highest BCUT2D eigenvalue weighted by Gasteiger charge is 2.47. The number of anilines is 1. The van der Waals surface area contributed by atoms with Crippen LogP contribution in [0.15, 0.2) is 72.3 Å². The van der Waals surface area contributed by atoms with Crippen LogP contribution in [0.1, 0.15) is 35.2 Å². The smallest absolute Gasteiger partial charge is 0.300 e. The Labute approximate surface area is 197 Å². The van der Waals surface area contributed by atoms with Crippen LogP contribution in [0.4, 0.5) is 5.69 Å². The van der Waals surface area contributed by atoms with Crippen molar-refractivity contribution in [2.24, 2.45) is 0 Å². The van der Waals surface area contributed by atoms with Gasteiger partial charge in [0.25, 0.3) is 11.7 Å². The third-order valence-electron chi connectivity index (χ3n) is 5.98. The van der Waals surface area contributed by atoms with Crippen LogP contribution >= 0.6 is 11.6 Å². The number of carbonyl (C=O) groups is 2. The minimum atomic E-state index is -0.804. The first-order valence-electron chi connectivity index (χ1n) is 10.7. The van der Waals surface area contributed by atoms with E-state index in [2.05, 4.69) is 0 Å². The van der Waals surface area contributed by atoms with E-state index in [1.807, 2.05) is 50.2 Å². The standard InChI is InChI=1S/C27H24ClNO4/c1-4-17-9-11-18(12-10-17)25(30)23-24(20-8-6-5-7-16(20)2)29(27(32)26(23)31)19-13-14-22(33-3)21(28)15-19/h5-15,24,30H,4H2,1-3H3/b25-23+. The van der Waals surface area contributed by atoms with E-state index in [1.54, 1.807) is 30.3 Å². The van der Waals surface area contributed by atoms with E-state index >= 15 is 0 Å². The molecule has 0 saturated carbocycles. The van der Waals surface area contributed by atoms with Crippen LogP contribution in [0.2, 0.25) is 5.02 Å². The Morgan fingerprint density at radius 3 is 2.36 bits per heavy atom. The Balaban J connectivity index is 1.94. The van der Waals surface area contributed by atoms with Gasteiger partial charge in [-0.15, -0.1) is 0 Å². The molecule has 168 valence electrons. The summed E-state index contributed by atoms with van der Waals surface area (Å²) in [6.07, 6.45) is 0.854. The number of amides is 1. The molecule has 0 radical (unpaired) electrons. The second-order valence-corrected chi connectivity index (χ2v) is 8.30. The Bertz CT molecular complexity index is 1260. The van der Waals surface area contributed by atoms with Gasteiger partial charge >= 0.3 is 0 Å². The van der Waals surface area contributed by atoms with Gasteiger partial charge in [0.2, 0.25) is 0 Å². The lowest BCUT2D eigenvalue weighted by atomic mass is 9.92. The highest BCUT2D eigenvalue weighted by atomic mass is 35.5. The molecule has 1 aliphatic rings. The zero-order valence-electron chi connectivity index (χ0n) is 18.6. The minimum absolute atomic E-state index is 0.0467. The van der Waals surface area contributed by atoms with Gasteiger partial charge in [0.15, 0.2) is 0 Å². The van der Waals surface area contributed by atoms with Crippen molar-refractivity contribution < 1.29 is 19.4 Å². The van der Waals surface area contributed by atoms with Gasteiger partial charge in [0, 0.05) is 11.3 Å². The number of aryl methyl sites for hydroxylation is 2. The molecule has 1 amide bonds. The molecule has 1 unspecified atom stereocenters. The van der Waals surface area contributed by atoms with E-state index in [-0.39, 0.29) is 11.3 Å². The first-order valence-corrected chi connectivity index (χ1v) is 11.0. The average molecular weight is 462 g/mol. The van der Waals surface area contributed by atoms with Crippen molar-refractivity contribution in [2.45, 2.75) is 26.3 Å². The molecular weight excluding hydrogens is 438 g/mol. The van der Waals surface area contributed by atoms with Crippen molar-refractivity contribution in [1.29, 1.82) is 0 Å². The number of Topliss-reactive ketones (excluding diaryl/α,β-unsaturated/α-hetero) is 1. The summed E-state index contributed by atoms with van der Waals surface area (Å²) in [5.74, 6) is -1.21. The zero-order chi connectivity index (χ0) is 23.7. The van der Waals surface area contributed by atoms with Crippen molar-refractivity contribution in [3.05, 3.63) is 99.6 Å². The third-order valence-corrected chi connectivity index (χ3v) is 6.27. The van der Waals surface area contributed by atoms with Gasteiger partial charge in [0.1, 0.15) is 11.5 Å². The Morgan fingerprint density at radius 1 is 1.06 bits per heavy atom. The van der Waals surface area contributed by atoms with Crippen molar-refractivity contribution in [1.82, 2.24) is 0 Å². The number of rotatable bonds is 5. The molecule has 0 spiro atoms. The van der Waals surface area contributed by atoms with Crippen molar-refractivity contribution in [3.63, 3.8) is 0 Å². The van der Waals surface area contributed by atoms with Gasteiger partial charge in [0.05, 0.1) is 23.7 Å². The highest BCUT2D eigenvalue weighted by Crippen LogP contribution is 2.44. The van der Waals surface area contributed by atoms with Gasteiger partial charge in [-0.25, -0.2) is 0 Å². The lowest BCUT2D eigenvalue weighted by molar-refractivity contribution is -0.132. The molecule has 0 aliphatic carbocycles. The maximum absolute atomic E-state index is 13.3. The van der Waals surface area contributed by atoms with Gasteiger partial charge in [-0.3, -0.25) is 14.5 Å². The predicted molar refractivity (Wildman–Crippen MR) is 130 cm³/mol. The molecule has 1 saturated heterocycles. The van der Waals surface area contributed by atoms with Gasteiger partial charge < -0.3 is 9.84 Å². The van der Waals surface area contributed by atoms with Crippen LogP contribution in [0.5, 0.6) is 5.75 Å². The summed E-state index contributed by atoms with van der Waals surface area (Å²) in [6.45, 7) is 3.95. The number of hydrogen-bond acceptors (Lipinski definition) is 4. The first kappa shape index (κ1) is 22.6. The summed E-state index contributed by atoms with van der Waals surface area (Å²) in [5.41, 5.74) is 3.71. The number of carbonyl (C=O) groups excluding carboxylic acids is 2. The lowest BCUT2D eigenvalue weighted by Crippen LogP contribution is -2.29. The van der Waals surface area contributed by atoms with Crippen molar-refractivity contribution in [3.8, 4) is 5.75 Å². The van der Waals surface area contributed by atoms with E-state index in [1.165, 1.54) is 12.0 Å². The lowest BCUT2D eigenvalue weighted by Gasteiger charge is -2.27. The van der Waals surface area contributed by atoms with E-state index < -0.39 is 17.7 Å². The van der Waals surface area contributed by atoms with Crippen LogP contribution in [-0.4, -0.2) is 23.9 Å². The van der Waals surface area contributed by atoms with Gasteiger partial charge in [-0.05, 0) is 48.2 Å². The van der Waals surface area contributed by atoms with Crippen LogP contribution in [-0.2, 0) is 16.0 Å². The Hall–Kier alpha value is -3.57. The molecule has 1 N–H and O–H groups in total. The van der Waals surface area contributed by atoms with Crippen LogP contribution in [0.3, 0.4) is 0 Å². The first-order chi connectivity index (χ1) is 15.9. The van der Waals surface area contributed by atoms with Gasteiger partial charge in [-0.1, -0.05) is 67.1 Å². The molecule has 1 fully saturated rings.